The predicted molar refractivity (Wildman–Crippen MR) is 178 cm³/mol. The van der Waals surface area contributed by atoms with Gasteiger partial charge in [0.1, 0.15) is 5.75 Å². The Hall–Kier alpha value is -2.81. The molecule has 0 amide bonds. The van der Waals surface area contributed by atoms with E-state index in [-0.39, 0.29) is 11.5 Å². The molecule has 7 rings (SSSR count). The number of carbonyl (C=O) groups is 1. The molecular weight excluding hydrogens is 606 g/mol. The number of methoxy groups -OCH3 is 1. The summed E-state index contributed by atoms with van der Waals surface area (Å²) >= 11 is 8.25. The van der Waals surface area contributed by atoms with Crippen LogP contribution in [-0.2, 0) is 16.6 Å². The van der Waals surface area contributed by atoms with Crippen LogP contribution < -0.4 is 9.64 Å². The van der Waals surface area contributed by atoms with E-state index in [1.54, 1.807) is 6.07 Å². The van der Waals surface area contributed by atoms with Crippen molar-refractivity contribution in [3.05, 3.63) is 76.6 Å². The van der Waals surface area contributed by atoms with Gasteiger partial charge in [-0.15, -0.1) is 0 Å². The van der Waals surface area contributed by atoms with Crippen LogP contribution in [-0.4, -0.2) is 59.2 Å². The summed E-state index contributed by atoms with van der Waals surface area (Å²) in [6.07, 6.45) is 14.0. The van der Waals surface area contributed by atoms with Gasteiger partial charge in [0.2, 0.25) is 0 Å². The maximum atomic E-state index is 12.1. The molecule has 9 heteroatoms. The van der Waals surface area contributed by atoms with Crippen molar-refractivity contribution in [2.75, 3.05) is 31.7 Å². The van der Waals surface area contributed by atoms with Crippen molar-refractivity contribution in [3.63, 3.8) is 0 Å². The number of carboxylic acid groups (broad SMARTS) is 1. The molecular formula is C36H42ClN3O4S. The smallest absolute Gasteiger partial charge is 0.335 e. The molecule has 1 N–H and O–H groups in total. The SMILES string of the molecule is CO[C@@H]([C@@H]1CCC[C@@H](Sc2ncccn2)C1)[C@@H]1CC[C@H]1CN1C[C@@]2(CCCc3cc(Cl)ccc32)COc2ccc(C(=O)O)cc21. The Balaban J connectivity index is 1.14. The minimum Gasteiger partial charge on any atom is -0.490 e. The number of nitrogens with zero attached hydrogens (tertiary/aromatic N) is 3. The Kier molecular flexibility index (Phi) is 8.99. The number of aromatic carboxylic acids is 1. The number of benzene rings is 2. The predicted octanol–water partition coefficient (Wildman–Crippen LogP) is 7.69. The van der Waals surface area contributed by atoms with Crippen LogP contribution in [0.2, 0.25) is 5.02 Å². The number of hydrogen-bond donors (Lipinski definition) is 1. The quantitative estimate of drug-likeness (QED) is 0.249. The normalized spacial score (nSPS) is 28.3. The summed E-state index contributed by atoms with van der Waals surface area (Å²) in [6.45, 7) is 2.22. The van der Waals surface area contributed by atoms with Crippen LogP contribution in [0, 0.1) is 17.8 Å². The lowest BCUT2D eigenvalue weighted by Crippen LogP contribution is -2.51. The largest absolute Gasteiger partial charge is 0.490 e. The first-order chi connectivity index (χ1) is 21.9. The monoisotopic (exact) mass is 647 g/mol. The van der Waals surface area contributed by atoms with E-state index in [1.165, 1.54) is 30.4 Å². The maximum absolute atomic E-state index is 12.1. The third-order valence-corrected chi connectivity index (χ3v) is 12.3. The highest BCUT2D eigenvalue weighted by atomic mass is 35.5. The molecule has 1 aromatic heterocycles. The lowest BCUT2D eigenvalue weighted by atomic mass is 9.65. The van der Waals surface area contributed by atoms with Gasteiger partial charge in [0.05, 0.1) is 24.0 Å². The number of carboxylic acids is 1. The average molecular weight is 648 g/mol. The molecule has 0 saturated heterocycles. The fourth-order valence-corrected chi connectivity index (χ4v) is 9.95. The number of aromatic nitrogens is 2. The second kappa shape index (κ2) is 13.1. The van der Waals surface area contributed by atoms with Gasteiger partial charge in [0.25, 0.3) is 0 Å². The van der Waals surface area contributed by atoms with Crippen molar-refractivity contribution in [2.45, 2.75) is 79.7 Å². The lowest BCUT2D eigenvalue weighted by Gasteiger charge is -2.48. The topological polar surface area (TPSA) is 84.8 Å². The van der Waals surface area contributed by atoms with E-state index in [2.05, 4.69) is 27.0 Å². The Bertz CT molecular complexity index is 1530. The first kappa shape index (κ1) is 30.8. The van der Waals surface area contributed by atoms with Gasteiger partial charge in [-0.25, -0.2) is 14.8 Å². The van der Waals surface area contributed by atoms with E-state index in [4.69, 9.17) is 21.1 Å². The summed E-state index contributed by atoms with van der Waals surface area (Å²) in [4.78, 5) is 23.4. The summed E-state index contributed by atoms with van der Waals surface area (Å²) < 4.78 is 12.9. The summed E-state index contributed by atoms with van der Waals surface area (Å²) in [7, 11) is 1.89. The second-order valence-corrected chi connectivity index (χ2v) is 15.2. The van der Waals surface area contributed by atoms with Gasteiger partial charge in [-0.05, 0) is 117 Å². The zero-order valence-corrected chi connectivity index (χ0v) is 27.4. The zero-order chi connectivity index (χ0) is 31.0. The van der Waals surface area contributed by atoms with Crippen LogP contribution in [0.4, 0.5) is 5.69 Å². The van der Waals surface area contributed by atoms with Crippen molar-refractivity contribution in [1.82, 2.24) is 9.97 Å². The van der Waals surface area contributed by atoms with Crippen LogP contribution in [0.1, 0.15) is 72.9 Å². The number of fused-ring (bicyclic) bond motifs is 3. The third-order valence-electron chi connectivity index (χ3n) is 10.9. The number of hydrogen-bond acceptors (Lipinski definition) is 7. The van der Waals surface area contributed by atoms with E-state index in [1.807, 2.05) is 55.5 Å². The fourth-order valence-electron chi connectivity index (χ4n) is 8.58. The average Bonchev–Trinajstić information content (AvgIpc) is 3.19. The van der Waals surface area contributed by atoms with Crippen LogP contribution in [0.15, 0.2) is 60.0 Å². The number of anilines is 1. The molecule has 7 nitrogen and oxygen atoms in total. The van der Waals surface area contributed by atoms with Crippen molar-refractivity contribution < 1.29 is 19.4 Å². The molecule has 2 fully saturated rings. The van der Waals surface area contributed by atoms with Gasteiger partial charge in [-0.1, -0.05) is 35.9 Å². The number of halogens is 1. The third kappa shape index (κ3) is 6.30. The molecule has 2 saturated carbocycles. The molecule has 1 aliphatic heterocycles. The highest BCUT2D eigenvalue weighted by Crippen LogP contribution is 2.49. The van der Waals surface area contributed by atoms with Gasteiger partial charge in [0.15, 0.2) is 5.16 Å². The molecule has 45 heavy (non-hydrogen) atoms. The maximum Gasteiger partial charge on any atom is 0.335 e. The molecule has 2 heterocycles. The van der Waals surface area contributed by atoms with Crippen LogP contribution in [0.25, 0.3) is 0 Å². The highest BCUT2D eigenvalue weighted by molar-refractivity contribution is 7.99. The van der Waals surface area contributed by atoms with Crippen molar-refractivity contribution in [1.29, 1.82) is 0 Å². The van der Waals surface area contributed by atoms with Crippen molar-refractivity contribution in [2.24, 2.45) is 17.8 Å². The first-order valence-electron chi connectivity index (χ1n) is 16.4. The molecule has 0 radical (unpaired) electrons. The minimum atomic E-state index is -0.916. The zero-order valence-electron chi connectivity index (χ0n) is 25.9. The van der Waals surface area contributed by atoms with Crippen LogP contribution in [0.5, 0.6) is 5.75 Å². The molecule has 2 aromatic carbocycles. The Labute approximate surface area is 275 Å². The summed E-state index contributed by atoms with van der Waals surface area (Å²) in [5.74, 6) is 1.30. The molecule has 238 valence electrons. The molecule has 1 spiro atoms. The highest BCUT2D eigenvalue weighted by Gasteiger charge is 2.46. The van der Waals surface area contributed by atoms with Crippen molar-refractivity contribution >= 4 is 35.0 Å². The van der Waals surface area contributed by atoms with E-state index >= 15 is 0 Å². The molecule has 0 unspecified atom stereocenters. The van der Waals surface area contributed by atoms with Crippen LogP contribution in [0.3, 0.4) is 0 Å². The first-order valence-corrected chi connectivity index (χ1v) is 17.7. The fraction of sp³-hybridized carbons (Fsp3) is 0.528. The van der Waals surface area contributed by atoms with Crippen LogP contribution >= 0.6 is 23.4 Å². The van der Waals surface area contributed by atoms with Gasteiger partial charge < -0.3 is 19.5 Å². The lowest BCUT2D eigenvalue weighted by molar-refractivity contribution is -0.0587. The number of rotatable bonds is 8. The Morgan fingerprint density at radius 3 is 2.80 bits per heavy atom. The molecule has 3 aromatic rings. The van der Waals surface area contributed by atoms with Gasteiger partial charge >= 0.3 is 5.97 Å². The van der Waals surface area contributed by atoms with Gasteiger partial charge in [-0.2, -0.15) is 0 Å². The van der Waals surface area contributed by atoms with E-state index in [9.17, 15) is 9.90 Å². The molecule has 4 aliphatic rings. The van der Waals surface area contributed by atoms with Gasteiger partial charge in [-0.3, -0.25) is 0 Å². The Morgan fingerprint density at radius 1 is 1.16 bits per heavy atom. The standard InChI is InChI=1S/C36H42ClN3O4S/c1-43-33(24-5-2-7-28(18-24)45-35-38-15-4-16-39-35)29-11-8-26(29)20-40-21-36(14-3-6-23-17-27(37)10-12-30(23)36)22-44-32-13-9-25(34(41)42)19-31(32)40/h4,9-10,12-13,15-17,19,24,26,28-29,33H,2-3,5-8,11,14,18,20-22H2,1H3,(H,41,42)/t24-,26+,28-,29-,33+,36+/m1/s1. The summed E-state index contributed by atoms with van der Waals surface area (Å²) in [5.41, 5.74) is 3.63. The van der Waals surface area contributed by atoms with Crippen molar-refractivity contribution in [3.8, 4) is 5.75 Å². The Morgan fingerprint density at radius 2 is 2.02 bits per heavy atom. The molecule has 3 aliphatic carbocycles. The second-order valence-electron chi connectivity index (χ2n) is 13.5. The van der Waals surface area contributed by atoms with Gasteiger partial charge in [0, 0.05) is 48.3 Å². The summed E-state index contributed by atoms with van der Waals surface area (Å²) in [5, 5.41) is 12.0. The van der Waals surface area contributed by atoms with E-state index in [0.717, 1.165) is 73.2 Å². The van der Waals surface area contributed by atoms with E-state index in [0.29, 0.717) is 35.2 Å². The van der Waals surface area contributed by atoms with E-state index < -0.39 is 5.97 Å². The number of thioether (sulfide) groups is 1. The minimum absolute atomic E-state index is 0.187. The number of ether oxygens (including phenoxy) is 2. The number of aryl methyl sites for hydroxylation is 1. The summed E-state index contributed by atoms with van der Waals surface area (Å²) in [6, 6.07) is 13.5. The molecule has 6 atom stereocenters. The molecule has 0 bridgehead atoms.